The smallest absolute Gasteiger partial charge is 0.413 e. The van der Waals surface area contributed by atoms with Crippen LogP contribution in [0.3, 0.4) is 0 Å². The molecule has 7 nitrogen and oxygen atoms in total. The zero-order valence-corrected chi connectivity index (χ0v) is 12.6. The maximum Gasteiger partial charge on any atom is 0.413 e. The number of amides is 2. The zero-order valence-electron chi connectivity index (χ0n) is 12.6. The van der Waals surface area contributed by atoms with Crippen molar-refractivity contribution >= 4 is 17.7 Å². The number of methoxy groups -OCH3 is 3. The minimum absolute atomic E-state index is 0.120. The van der Waals surface area contributed by atoms with Crippen molar-refractivity contribution in [2.75, 3.05) is 26.6 Å². The van der Waals surface area contributed by atoms with E-state index in [0.717, 1.165) is 5.69 Å². The van der Waals surface area contributed by atoms with Gasteiger partial charge in [0.05, 0.1) is 21.3 Å². The molecule has 0 spiro atoms. The van der Waals surface area contributed by atoms with E-state index in [1.807, 2.05) is 6.92 Å². The molecular weight excluding hydrogens is 276 g/mol. The van der Waals surface area contributed by atoms with Gasteiger partial charge in [0.2, 0.25) is 5.91 Å². The molecular formula is C14H20N2O5. The molecule has 0 radical (unpaired) electrons. The fourth-order valence-corrected chi connectivity index (χ4v) is 1.72. The Kier molecular flexibility index (Phi) is 6.32. The molecule has 7 heteroatoms. The fraction of sp³-hybridized carbons (Fsp3) is 0.429. The fourth-order valence-electron chi connectivity index (χ4n) is 1.72. The van der Waals surface area contributed by atoms with Crippen molar-refractivity contribution in [1.82, 2.24) is 5.32 Å². The van der Waals surface area contributed by atoms with Gasteiger partial charge in [-0.15, -0.1) is 0 Å². The third-order valence-electron chi connectivity index (χ3n) is 2.68. The van der Waals surface area contributed by atoms with E-state index in [0.29, 0.717) is 11.5 Å². The van der Waals surface area contributed by atoms with Gasteiger partial charge in [0, 0.05) is 36.3 Å². The average molecular weight is 296 g/mol. The Morgan fingerprint density at radius 3 is 2.14 bits per heavy atom. The van der Waals surface area contributed by atoms with Crippen molar-refractivity contribution in [3.63, 3.8) is 0 Å². The van der Waals surface area contributed by atoms with Gasteiger partial charge in [-0.3, -0.25) is 10.1 Å². The maximum absolute atomic E-state index is 11.6. The first-order valence-corrected chi connectivity index (χ1v) is 6.36. The number of benzene rings is 1. The van der Waals surface area contributed by atoms with Crippen LogP contribution in [0.15, 0.2) is 18.2 Å². The molecule has 1 rings (SSSR count). The lowest BCUT2D eigenvalue weighted by Crippen LogP contribution is -2.33. The molecule has 0 aliphatic carbocycles. The SMILES string of the molecule is COC(=O)NC(=O)C[C@H](C)Nc1cc(OC)cc(OC)c1. The Morgan fingerprint density at radius 2 is 1.67 bits per heavy atom. The Labute approximate surface area is 123 Å². The summed E-state index contributed by atoms with van der Waals surface area (Å²) in [5.41, 5.74) is 0.754. The van der Waals surface area contributed by atoms with Gasteiger partial charge in [-0.05, 0) is 6.92 Å². The van der Waals surface area contributed by atoms with Crippen molar-refractivity contribution in [2.45, 2.75) is 19.4 Å². The molecule has 0 aliphatic rings. The van der Waals surface area contributed by atoms with Crippen molar-refractivity contribution in [2.24, 2.45) is 0 Å². The van der Waals surface area contributed by atoms with E-state index in [4.69, 9.17) is 9.47 Å². The lowest BCUT2D eigenvalue weighted by atomic mass is 10.2. The van der Waals surface area contributed by atoms with Gasteiger partial charge in [0.15, 0.2) is 0 Å². The van der Waals surface area contributed by atoms with E-state index >= 15 is 0 Å². The molecule has 116 valence electrons. The number of carbonyl (C=O) groups excluding carboxylic acids is 2. The van der Waals surface area contributed by atoms with Gasteiger partial charge in [0.25, 0.3) is 0 Å². The lowest BCUT2D eigenvalue weighted by molar-refractivity contribution is -0.120. The van der Waals surface area contributed by atoms with Gasteiger partial charge in [0.1, 0.15) is 11.5 Å². The molecule has 0 saturated heterocycles. The summed E-state index contributed by atoms with van der Waals surface area (Å²) in [6, 6.07) is 5.14. The van der Waals surface area contributed by atoms with Crippen molar-refractivity contribution in [3.05, 3.63) is 18.2 Å². The molecule has 0 unspecified atom stereocenters. The summed E-state index contributed by atoms with van der Waals surface area (Å²) >= 11 is 0. The largest absolute Gasteiger partial charge is 0.497 e. The summed E-state index contributed by atoms with van der Waals surface area (Å²) in [5.74, 6) is 0.864. The molecule has 0 heterocycles. The number of imide groups is 1. The molecule has 1 aromatic rings. The minimum atomic E-state index is -0.768. The summed E-state index contributed by atoms with van der Waals surface area (Å²) in [5, 5.41) is 5.24. The van der Waals surface area contributed by atoms with Crippen molar-refractivity contribution in [3.8, 4) is 11.5 Å². The van der Waals surface area contributed by atoms with E-state index in [1.54, 1.807) is 32.4 Å². The van der Waals surface area contributed by atoms with Crippen LogP contribution in [0.25, 0.3) is 0 Å². The maximum atomic E-state index is 11.6. The van der Waals surface area contributed by atoms with Gasteiger partial charge >= 0.3 is 6.09 Å². The van der Waals surface area contributed by atoms with Crippen molar-refractivity contribution in [1.29, 1.82) is 0 Å². The summed E-state index contributed by atoms with van der Waals surface area (Å²) < 4.78 is 14.7. The summed E-state index contributed by atoms with van der Waals surface area (Å²) in [7, 11) is 4.32. The van der Waals surface area contributed by atoms with Gasteiger partial charge in [-0.2, -0.15) is 0 Å². The predicted molar refractivity (Wildman–Crippen MR) is 77.8 cm³/mol. The molecule has 1 atom stereocenters. The monoisotopic (exact) mass is 296 g/mol. The van der Waals surface area contributed by atoms with Gasteiger partial charge in [-0.1, -0.05) is 0 Å². The zero-order chi connectivity index (χ0) is 15.8. The van der Waals surface area contributed by atoms with Crippen LogP contribution in [0, 0.1) is 0 Å². The van der Waals surface area contributed by atoms with E-state index in [1.165, 1.54) is 7.11 Å². The summed E-state index contributed by atoms with van der Waals surface area (Å²) in [4.78, 5) is 22.5. The first kappa shape index (κ1) is 16.6. The average Bonchev–Trinajstić information content (AvgIpc) is 2.45. The number of nitrogens with one attached hydrogen (secondary N) is 2. The predicted octanol–water partition coefficient (Wildman–Crippen LogP) is 1.78. The molecule has 2 N–H and O–H groups in total. The second-order valence-electron chi connectivity index (χ2n) is 4.39. The Bertz CT molecular complexity index is 482. The van der Waals surface area contributed by atoms with Gasteiger partial charge in [-0.25, -0.2) is 4.79 Å². The topological polar surface area (TPSA) is 85.9 Å². The van der Waals surface area contributed by atoms with Crippen LogP contribution in [-0.2, 0) is 9.53 Å². The van der Waals surface area contributed by atoms with E-state index in [2.05, 4.69) is 15.4 Å². The summed E-state index contributed by atoms with van der Waals surface area (Å²) in [6.45, 7) is 1.82. The van der Waals surface area contributed by atoms with E-state index < -0.39 is 12.0 Å². The third-order valence-corrected chi connectivity index (χ3v) is 2.68. The van der Waals surface area contributed by atoms with Crippen LogP contribution in [0.5, 0.6) is 11.5 Å². The quantitative estimate of drug-likeness (QED) is 0.832. The van der Waals surface area contributed by atoms with Crippen LogP contribution in [0.1, 0.15) is 13.3 Å². The normalized spacial score (nSPS) is 11.2. The number of rotatable bonds is 6. The summed E-state index contributed by atoms with van der Waals surface area (Å²) in [6.07, 6.45) is -0.649. The van der Waals surface area contributed by atoms with Crippen LogP contribution in [0.2, 0.25) is 0 Å². The van der Waals surface area contributed by atoms with Crippen LogP contribution in [-0.4, -0.2) is 39.4 Å². The highest BCUT2D eigenvalue weighted by atomic mass is 16.5. The second kappa shape index (κ2) is 7.98. The molecule has 0 aliphatic heterocycles. The molecule has 2 amide bonds. The Balaban J connectivity index is 2.63. The number of hydrogen-bond acceptors (Lipinski definition) is 6. The molecule has 1 aromatic carbocycles. The van der Waals surface area contributed by atoms with Crippen LogP contribution >= 0.6 is 0 Å². The number of alkyl carbamates (subject to hydrolysis) is 1. The van der Waals surface area contributed by atoms with E-state index in [-0.39, 0.29) is 12.5 Å². The number of carbonyl (C=O) groups is 2. The highest BCUT2D eigenvalue weighted by molar-refractivity contribution is 5.92. The highest BCUT2D eigenvalue weighted by Gasteiger charge is 2.13. The van der Waals surface area contributed by atoms with Crippen LogP contribution < -0.4 is 20.1 Å². The highest BCUT2D eigenvalue weighted by Crippen LogP contribution is 2.26. The van der Waals surface area contributed by atoms with Crippen molar-refractivity contribution < 1.29 is 23.8 Å². The molecule has 0 fully saturated rings. The first-order chi connectivity index (χ1) is 9.98. The Morgan fingerprint density at radius 1 is 1.10 bits per heavy atom. The number of hydrogen-bond donors (Lipinski definition) is 2. The number of ether oxygens (including phenoxy) is 3. The van der Waals surface area contributed by atoms with E-state index in [9.17, 15) is 9.59 Å². The molecule has 0 aromatic heterocycles. The standard InChI is InChI=1S/C14H20N2O5/c1-9(5-13(17)16-14(18)21-4)15-10-6-11(19-2)8-12(7-10)20-3/h6-9,15H,5H2,1-4H3,(H,16,17,18)/t9-/m0/s1. The lowest BCUT2D eigenvalue weighted by Gasteiger charge is -2.16. The number of anilines is 1. The molecule has 0 saturated carbocycles. The van der Waals surface area contributed by atoms with Crippen LogP contribution in [0.4, 0.5) is 10.5 Å². The molecule has 0 bridgehead atoms. The first-order valence-electron chi connectivity index (χ1n) is 6.36. The minimum Gasteiger partial charge on any atom is -0.497 e. The Hall–Kier alpha value is -2.44. The third kappa shape index (κ3) is 5.60. The van der Waals surface area contributed by atoms with Gasteiger partial charge < -0.3 is 19.5 Å². The molecule has 21 heavy (non-hydrogen) atoms. The second-order valence-corrected chi connectivity index (χ2v) is 4.39.